The largest absolute Gasteiger partial charge is 0.422 e. The maximum atomic E-state index is 12.6. The molecule has 2 aromatic rings. The fourth-order valence-electron chi connectivity index (χ4n) is 4.67. The first kappa shape index (κ1) is 23.1. The Labute approximate surface area is 187 Å². The van der Waals surface area contributed by atoms with Crippen LogP contribution in [0.25, 0.3) is 0 Å². The summed E-state index contributed by atoms with van der Waals surface area (Å²) in [4.78, 5) is 12.6. The van der Waals surface area contributed by atoms with Gasteiger partial charge in [0.05, 0.1) is 11.1 Å². The van der Waals surface area contributed by atoms with Crippen molar-refractivity contribution in [1.82, 2.24) is 0 Å². The van der Waals surface area contributed by atoms with Crippen LogP contribution in [-0.2, 0) is 6.42 Å². The molecule has 2 aromatic carbocycles. The summed E-state index contributed by atoms with van der Waals surface area (Å²) in [7, 11) is 0. The Kier molecular flexibility index (Phi) is 8.71. The Morgan fingerprint density at radius 3 is 2.39 bits per heavy atom. The highest BCUT2D eigenvalue weighted by atomic mass is 16.5. The summed E-state index contributed by atoms with van der Waals surface area (Å²) in [5.74, 6) is 1.41. The molecule has 1 aliphatic rings. The van der Waals surface area contributed by atoms with Crippen molar-refractivity contribution in [3.63, 3.8) is 0 Å². The van der Waals surface area contributed by atoms with Gasteiger partial charge < -0.3 is 4.74 Å². The van der Waals surface area contributed by atoms with E-state index in [1.54, 1.807) is 12.1 Å². The number of nitriles is 1. The molecule has 3 rings (SSSR count). The normalized spacial score (nSPS) is 18.4. The van der Waals surface area contributed by atoms with Gasteiger partial charge in [-0.2, -0.15) is 5.26 Å². The topological polar surface area (TPSA) is 50.1 Å². The van der Waals surface area contributed by atoms with Gasteiger partial charge in [0.15, 0.2) is 0 Å². The van der Waals surface area contributed by atoms with E-state index in [-0.39, 0.29) is 0 Å². The molecule has 3 nitrogen and oxygen atoms in total. The van der Waals surface area contributed by atoms with E-state index in [1.165, 1.54) is 63.4 Å². The van der Waals surface area contributed by atoms with Crippen molar-refractivity contribution in [3.8, 4) is 11.8 Å². The van der Waals surface area contributed by atoms with Crippen LogP contribution in [-0.4, -0.2) is 5.97 Å². The smallest absolute Gasteiger partial charge is 0.343 e. The van der Waals surface area contributed by atoms with Crippen LogP contribution in [0.5, 0.6) is 5.75 Å². The fraction of sp³-hybridized carbons (Fsp3) is 0.500. The molecule has 0 aromatic heterocycles. The highest BCUT2D eigenvalue weighted by Crippen LogP contribution is 2.37. The van der Waals surface area contributed by atoms with Crippen LogP contribution >= 0.6 is 0 Å². The third-order valence-corrected chi connectivity index (χ3v) is 6.71. The first-order chi connectivity index (χ1) is 15.1. The summed E-state index contributed by atoms with van der Waals surface area (Å²) in [6.07, 6.45) is 12.8. The lowest BCUT2D eigenvalue weighted by atomic mass is 9.77. The molecule has 0 spiro atoms. The van der Waals surface area contributed by atoms with Gasteiger partial charge in [0, 0.05) is 0 Å². The number of nitrogens with zero attached hydrogens (tertiary/aromatic N) is 1. The summed E-state index contributed by atoms with van der Waals surface area (Å²) in [6.45, 7) is 4.30. The van der Waals surface area contributed by atoms with Crippen molar-refractivity contribution in [1.29, 1.82) is 5.26 Å². The van der Waals surface area contributed by atoms with Gasteiger partial charge in [-0.25, -0.2) is 4.79 Å². The molecule has 0 saturated heterocycles. The summed E-state index contributed by atoms with van der Waals surface area (Å²) < 4.78 is 5.51. The van der Waals surface area contributed by atoms with Crippen molar-refractivity contribution in [2.24, 2.45) is 5.92 Å². The van der Waals surface area contributed by atoms with Crippen LogP contribution < -0.4 is 4.74 Å². The summed E-state index contributed by atoms with van der Waals surface area (Å²) in [6, 6.07) is 15.4. The minimum Gasteiger partial charge on any atom is -0.422 e. The van der Waals surface area contributed by atoms with E-state index in [0.717, 1.165) is 17.9 Å². The van der Waals surface area contributed by atoms with Gasteiger partial charge in [-0.05, 0) is 79.3 Å². The Hall–Kier alpha value is -2.60. The molecule has 0 amide bonds. The summed E-state index contributed by atoms with van der Waals surface area (Å²) in [5, 5.41) is 9.35. The first-order valence-corrected chi connectivity index (χ1v) is 12.0. The fourth-order valence-corrected chi connectivity index (χ4v) is 4.67. The Bertz CT molecular complexity index is 886. The number of aryl methyl sites for hydroxylation is 1. The van der Waals surface area contributed by atoms with Gasteiger partial charge in [0.2, 0.25) is 0 Å². The number of unbranched alkanes of at least 4 members (excludes halogenated alkanes) is 3. The molecule has 1 saturated carbocycles. The van der Waals surface area contributed by atoms with E-state index in [1.807, 2.05) is 25.1 Å². The van der Waals surface area contributed by atoms with Gasteiger partial charge >= 0.3 is 5.97 Å². The van der Waals surface area contributed by atoms with E-state index >= 15 is 0 Å². The predicted octanol–water partition coefficient (Wildman–Crippen LogP) is 7.58. The maximum absolute atomic E-state index is 12.6. The standard InChI is InChI=1S/C28H35NO2/c1-3-5-6-7-8-22-9-12-23(13-10-22)24-14-16-25(17-15-24)28(30)31-27-18-11-21(4-2)19-26(27)20-29/h11,14-19,22-23H,3-10,12-13H2,1-2H3. The number of ether oxygens (including phenoxy) is 1. The molecular weight excluding hydrogens is 382 g/mol. The second-order valence-corrected chi connectivity index (χ2v) is 8.87. The Morgan fingerprint density at radius 2 is 1.74 bits per heavy atom. The molecule has 0 radical (unpaired) electrons. The summed E-state index contributed by atoms with van der Waals surface area (Å²) in [5.41, 5.74) is 3.30. The highest BCUT2D eigenvalue weighted by Gasteiger charge is 2.22. The van der Waals surface area contributed by atoms with Crippen LogP contribution in [0.3, 0.4) is 0 Å². The molecule has 0 atom stereocenters. The number of benzene rings is 2. The van der Waals surface area contributed by atoms with Crippen molar-refractivity contribution in [2.45, 2.75) is 84.0 Å². The van der Waals surface area contributed by atoms with E-state index in [0.29, 0.717) is 22.8 Å². The second-order valence-electron chi connectivity index (χ2n) is 8.87. The number of carbonyl (C=O) groups is 1. The molecule has 31 heavy (non-hydrogen) atoms. The van der Waals surface area contributed by atoms with Gasteiger partial charge in [0.25, 0.3) is 0 Å². The third-order valence-electron chi connectivity index (χ3n) is 6.71. The van der Waals surface area contributed by atoms with E-state index in [9.17, 15) is 10.1 Å². The molecule has 3 heteroatoms. The molecule has 1 fully saturated rings. The molecule has 0 heterocycles. The quantitative estimate of drug-likeness (QED) is 0.240. The van der Waals surface area contributed by atoms with Crippen molar-refractivity contribution >= 4 is 5.97 Å². The zero-order chi connectivity index (χ0) is 22.1. The minimum absolute atomic E-state index is 0.325. The zero-order valence-electron chi connectivity index (χ0n) is 19.0. The van der Waals surface area contributed by atoms with Crippen LogP contribution in [0.15, 0.2) is 42.5 Å². The Morgan fingerprint density at radius 1 is 1.00 bits per heavy atom. The molecule has 0 unspecified atom stereocenters. The minimum atomic E-state index is -0.414. The number of rotatable bonds is 9. The number of esters is 1. The van der Waals surface area contributed by atoms with Crippen LogP contribution in [0.2, 0.25) is 0 Å². The number of hydrogen-bond donors (Lipinski definition) is 0. The van der Waals surface area contributed by atoms with Gasteiger partial charge in [-0.1, -0.05) is 64.2 Å². The van der Waals surface area contributed by atoms with E-state index < -0.39 is 5.97 Å². The van der Waals surface area contributed by atoms with Crippen molar-refractivity contribution in [3.05, 3.63) is 64.7 Å². The van der Waals surface area contributed by atoms with Gasteiger partial charge in [-0.15, -0.1) is 0 Å². The summed E-state index contributed by atoms with van der Waals surface area (Å²) >= 11 is 0. The van der Waals surface area contributed by atoms with E-state index in [2.05, 4.69) is 25.1 Å². The molecule has 164 valence electrons. The molecule has 1 aliphatic carbocycles. The van der Waals surface area contributed by atoms with Crippen LogP contribution in [0, 0.1) is 17.2 Å². The van der Waals surface area contributed by atoms with E-state index in [4.69, 9.17) is 4.74 Å². The second kappa shape index (κ2) is 11.7. The molecule has 0 aliphatic heterocycles. The lowest BCUT2D eigenvalue weighted by Gasteiger charge is -2.29. The predicted molar refractivity (Wildman–Crippen MR) is 125 cm³/mol. The lowest BCUT2D eigenvalue weighted by Crippen LogP contribution is -2.14. The number of hydrogen-bond acceptors (Lipinski definition) is 3. The molecule has 0 N–H and O–H groups in total. The molecule has 0 bridgehead atoms. The zero-order valence-corrected chi connectivity index (χ0v) is 19.0. The SMILES string of the molecule is CCCCCCC1CCC(c2ccc(C(=O)Oc3ccc(CC)cc3C#N)cc2)CC1. The maximum Gasteiger partial charge on any atom is 0.343 e. The average molecular weight is 418 g/mol. The third kappa shape index (κ3) is 6.44. The van der Waals surface area contributed by atoms with Crippen LogP contribution in [0.1, 0.15) is 105 Å². The lowest BCUT2D eigenvalue weighted by molar-refractivity contribution is 0.0734. The number of carbonyl (C=O) groups excluding carboxylic acids is 1. The van der Waals surface area contributed by atoms with Crippen molar-refractivity contribution < 1.29 is 9.53 Å². The van der Waals surface area contributed by atoms with Gasteiger partial charge in [0.1, 0.15) is 11.8 Å². The molecular formula is C28H35NO2. The van der Waals surface area contributed by atoms with Crippen molar-refractivity contribution in [2.75, 3.05) is 0 Å². The average Bonchev–Trinajstić information content (AvgIpc) is 2.82. The first-order valence-electron chi connectivity index (χ1n) is 12.0. The van der Waals surface area contributed by atoms with Gasteiger partial charge in [-0.3, -0.25) is 0 Å². The highest BCUT2D eigenvalue weighted by molar-refractivity contribution is 5.91. The Balaban J connectivity index is 1.54. The monoisotopic (exact) mass is 417 g/mol. The van der Waals surface area contributed by atoms with Crippen LogP contribution in [0.4, 0.5) is 0 Å².